The number of fused-ring (bicyclic) bond motifs is 1. The Bertz CT molecular complexity index is 946. The Kier molecular flexibility index (Phi) is 6.66. The van der Waals surface area contributed by atoms with Crippen molar-refractivity contribution in [2.45, 2.75) is 39.7 Å². The minimum Gasteiger partial charge on any atom is -0.496 e. The van der Waals surface area contributed by atoms with E-state index in [1.165, 1.54) is 14.2 Å². The van der Waals surface area contributed by atoms with Crippen molar-refractivity contribution >= 4 is 22.8 Å². The standard InChI is InChI=1S/C20H25NO7/c1-10(2)6-14(19(23)24)21-17(22)9-13-11(3)18-15(27-5)7-12(26-4)8-16(18)28-20(13)25/h7-8,10,14H,6,9H2,1-5H3,(H,21,22)(H,23,24)/t14-/m0/s1. The lowest BCUT2D eigenvalue weighted by atomic mass is 10.0. The molecule has 0 bridgehead atoms. The summed E-state index contributed by atoms with van der Waals surface area (Å²) in [6, 6.07) is 2.21. The number of carbonyl (C=O) groups excluding carboxylic acids is 1. The van der Waals surface area contributed by atoms with Crippen LogP contribution in [0, 0.1) is 12.8 Å². The Labute approximate surface area is 162 Å². The van der Waals surface area contributed by atoms with Gasteiger partial charge < -0.3 is 24.3 Å². The second-order valence-electron chi connectivity index (χ2n) is 6.96. The number of ether oxygens (including phenoxy) is 2. The quantitative estimate of drug-likeness (QED) is 0.663. The third-order valence-corrected chi connectivity index (χ3v) is 4.45. The number of rotatable bonds is 8. The number of nitrogens with one attached hydrogen (secondary N) is 1. The Morgan fingerprint density at radius 2 is 1.89 bits per heavy atom. The molecule has 0 aliphatic carbocycles. The number of carbonyl (C=O) groups is 2. The van der Waals surface area contributed by atoms with Gasteiger partial charge in [0.1, 0.15) is 23.1 Å². The molecule has 28 heavy (non-hydrogen) atoms. The molecule has 2 N–H and O–H groups in total. The van der Waals surface area contributed by atoms with Gasteiger partial charge in [0.15, 0.2) is 0 Å². The molecule has 2 aromatic rings. The summed E-state index contributed by atoms with van der Waals surface area (Å²) < 4.78 is 15.9. The molecule has 2 rings (SSSR count). The van der Waals surface area contributed by atoms with Gasteiger partial charge in [-0.1, -0.05) is 13.8 Å². The van der Waals surface area contributed by atoms with Crippen molar-refractivity contribution in [2.75, 3.05) is 14.2 Å². The molecule has 1 amide bonds. The first-order chi connectivity index (χ1) is 13.2. The molecule has 1 aromatic heterocycles. The predicted molar refractivity (Wildman–Crippen MR) is 103 cm³/mol. The largest absolute Gasteiger partial charge is 0.496 e. The number of hydrogen-bond acceptors (Lipinski definition) is 6. The number of benzene rings is 1. The Morgan fingerprint density at radius 3 is 2.43 bits per heavy atom. The van der Waals surface area contributed by atoms with Gasteiger partial charge in [0.25, 0.3) is 0 Å². The second-order valence-corrected chi connectivity index (χ2v) is 6.96. The van der Waals surface area contributed by atoms with Gasteiger partial charge in [0, 0.05) is 12.1 Å². The fourth-order valence-corrected chi connectivity index (χ4v) is 3.06. The highest BCUT2D eigenvalue weighted by molar-refractivity contribution is 5.91. The lowest BCUT2D eigenvalue weighted by Gasteiger charge is -2.17. The van der Waals surface area contributed by atoms with Gasteiger partial charge in [-0.3, -0.25) is 4.79 Å². The average molecular weight is 391 g/mol. The minimum atomic E-state index is -1.11. The molecule has 0 aliphatic rings. The highest BCUT2D eigenvalue weighted by Gasteiger charge is 2.23. The minimum absolute atomic E-state index is 0.0908. The van der Waals surface area contributed by atoms with Crippen molar-refractivity contribution in [3.8, 4) is 11.5 Å². The summed E-state index contributed by atoms with van der Waals surface area (Å²) in [6.07, 6.45) is 0.00116. The number of aryl methyl sites for hydroxylation is 1. The smallest absolute Gasteiger partial charge is 0.340 e. The van der Waals surface area contributed by atoms with E-state index in [9.17, 15) is 19.5 Å². The van der Waals surface area contributed by atoms with Crippen LogP contribution in [0.5, 0.6) is 11.5 Å². The maximum atomic E-state index is 12.4. The van der Waals surface area contributed by atoms with Crippen LogP contribution in [0.15, 0.2) is 21.3 Å². The zero-order valence-corrected chi connectivity index (χ0v) is 16.6. The summed E-state index contributed by atoms with van der Waals surface area (Å²) in [5, 5.41) is 12.3. The van der Waals surface area contributed by atoms with E-state index < -0.39 is 23.5 Å². The Balaban J connectivity index is 2.40. The highest BCUT2D eigenvalue weighted by atomic mass is 16.5. The SMILES string of the molecule is COc1cc(OC)c2c(C)c(CC(=O)N[C@@H](CC(C)C)C(=O)O)c(=O)oc2c1. The van der Waals surface area contributed by atoms with Gasteiger partial charge in [-0.25, -0.2) is 9.59 Å². The maximum absolute atomic E-state index is 12.4. The van der Waals surface area contributed by atoms with Gasteiger partial charge in [-0.15, -0.1) is 0 Å². The monoisotopic (exact) mass is 391 g/mol. The number of methoxy groups -OCH3 is 2. The summed E-state index contributed by atoms with van der Waals surface area (Å²) in [5.41, 5.74) is 0.316. The number of amides is 1. The van der Waals surface area contributed by atoms with Gasteiger partial charge in [0.05, 0.1) is 31.6 Å². The van der Waals surface area contributed by atoms with Crippen molar-refractivity contribution in [2.24, 2.45) is 5.92 Å². The van der Waals surface area contributed by atoms with E-state index in [1.807, 2.05) is 13.8 Å². The number of carboxylic acids is 1. The van der Waals surface area contributed by atoms with Gasteiger partial charge in [-0.2, -0.15) is 0 Å². The summed E-state index contributed by atoms with van der Waals surface area (Å²) >= 11 is 0. The van der Waals surface area contributed by atoms with Crippen LogP contribution in [0.4, 0.5) is 0 Å². The van der Waals surface area contributed by atoms with Crippen molar-refractivity contribution in [3.63, 3.8) is 0 Å². The van der Waals surface area contributed by atoms with Crippen LogP contribution in [0.2, 0.25) is 0 Å². The van der Waals surface area contributed by atoms with Crippen molar-refractivity contribution in [3.05, 3.63) is 33.7 Å². The van der Waals surface area contributed by atoms with Crippen LogP contribution < -0.4 is 20.4 Å². The first kappa shape index (κ1) is 21.3. The predicted octanol–water partition coefficient (Wildman–Crippen LogP) is 2.28. The molecule has 0 aliphatic heterocycles. The molecule has 152 valence electrons. The molecule has 0 radical (unpaired) electrons. The molecular formula is C20H25NO7. The topological polar surface area (TPSA) is 115 Å². The van der Waals surface area contributed by atoms with E-state index >= 15 is 0 Å². The van der Waals surface area contributed by atoms with Gasteiger partial charge in [0.2, 0.25) is 5.91 Å². The van der Waals surface area contributed by atoms with Crippen LogP contribution in [-0.4, -0.2) is 37.2 Å². The molecule has 0 unspecified atom stereocenters. The van der Waals surface area contributed by atoms with Gasteiger partial charge in [-0.05, 0) is 24.8 Å². The highest BCUT2D eigenvalue weighted by Crippen LogP contribution is 2.33. The third kappa shape index (κ3) is 4.62. The van der Waals surface area contributed by atoms with Crippen LogP contribution in [0.1, 0.15) is 31.4 Å². The average Bonchev–Trinajstić information content (AvgIpc) is 2.62. The molecule has 1 aromatic carbocycles. The maximum Gasteiger partial charge on any atom is 0.340 e. The third-order valence-electron chi connectivity index (χ3n) is 4.45. The van der Waals surface area contributed by atoms with Crippen LogP contribution in [0.3, 0.4) is 0 Å². The van der Waals surface area contributed by atoms with E-state index in [-0.39, 0.29) is 23.5 Å². The first-order valence-corrected chi connectivity index (χ1v) is 8.88. The molecule has 1 heterocycles. The molecule has 0 fully saturated rings. The first-order valence-electron chi connectivity index (χ1n) is 8.88. The molecule has 8 heteroatoms. The van der Waals surface area contributed by atoms with Crippen molar-refractivity contribution < 1.29 is 28.6 Å². The second kappa shape index (κ2) is 8.77. The molecule has 0 saturated carbocycles. The number of aliphatic carboxylic acids is 1. The van der Waals surface area contributed by atoms with E-state index in [0.29, 0.717) is 28.9 Å². The zero-order valence-electron chi connectivity index (χ0n) is 16.6. The van der Waals surface area contributed by atoms with E-state index in [0.717, 1.165) is 0 Å². The molecule has 1 atom stereocenters. The molecule has 8 nitrogen and oxygen atoms in total. The van der Waals surface area contributed by atoms with E-state index in [1.54, 1.807) is 19.1 Å². The summed E-state index contributed by atoms with van der Waals surface area (Å²) in [4.78, 5) is 36.2. The summed E-state index contributed by atoms with van der Waals surface area (Å²) in [5.74, 6) is -0.669. The fourth-order valence-electron chi connectivity index (χ4n) is 3.06. The lowest BCUT2D eigenvalue weighted by Crippen LogP contribution is -2.42. The molecule has 0 saturated heterocycles. The van der Waals surface area contributed by atoms with Crippen LogP contribution in [0.25, 0.3) is 11.0 Å². The Hall–Kier alpha value is -3.03. The normalized spacial score (nSPS) is 12.1. The van der Waals surface area contributed by atoms with Crippen LogP contribution in [-0.2, 0) is 16.0 Å². The fraction of sp³-hybridized carbons (Fsp3) is 0.450. The zero-order chi connectivity index (χ0) is 21.0. The van der Waals surface area contributed by atoms with Crippen LogP contribution >= 0.6 is 0 Å². The molecule has 0 spiro atoms. The number of carboxylic acid groups (broad SMARTS) is 1. The van der Waals surface area contributed by atoms with E-state index in [2.05, 4.69) is 5.32 Å². The summed E-state index contributed by atoms with van der Waals surface area (Å²) in [7, 11) is 2.97. The Morgan fingerprint density at radius 1 is 1.21 bits per heavy atom. The lowest BCUT2D eigenvalue weighted by molar-refractivity contribution is -0.142. The van der Waals surface area contributed by atoms with Gasteiger partial charge >= 0.3 is 11.6 Å². The van der Waals surface area contributed by atoms with Crippen molar-refractivity contribution in [1.82, 2.24) is 5.32 Å². The van der Waals surface area contributed by atoms with E-state index in [4.69, 9.17) is 13.9 Å². The summed E-state index contributed by atoms with van der Waals surface area (Å²) in [6.45, 7) is 5.43. The molecular weight excluding hydrogens is 366 g/mol. The number of hydrogen-bond donors (Lipinski definition) is 2. The van der Waals surface area contributed by atoms with Crippen molar-refractivity contribution in [1.29, 1.82) is 0 Å².